The van der Waals surface area contributed by atoms with Gasteiger partial charge in [-0.2, -0.15) is 5.26 Å². The second-order valence-corrected chi connectivity index (χ2v) is 4.20. The number of hydrogen-bond acceptors (Lipinski definition) is 4. The number of fused-ring (bicyclic) bond motifs is 1. The molecule has 0 aliphatic heterocycles. The van der Waals surface area contributed by atoms with Gasteiger partial charge in [-0.25, -0.2) is 9.78 Å². The molecular formula is C15H8N2O3. The molecule has 3 rings (SSSR count). The molecule has 0 aliphatic rings. The van der Waals surface area contributed by atoms with Crippen LogP contribution in [0.25, 0.3) is 22.6 Å². The molecule has 0 saturated heterocycles. The van der Waals surface area contributed by atoms with Gasteiger partial charge in [-0.3, -0.25) is 0 Å². The number of aromatic nitrogens is 1. The normalized spacial score (nSPS) is 10.3. The van der Waals surface area contributed by atoms with E-state index in [1.807, 2.05) is 6.07 Å². The Morgan fingerprint density at radius 1 is 1.25 bits per heavy atom. The number of benzene rings is 2. The van der Waals surface area contributed by atoms with Gasteiger partial charge in [0.2, 0.25) is 5.89 Å². The maximum atomic E-state index is 10.9. The van der Waals surface area contributed by atoms with Crippen molar-refractivity contribution in [1.82, 2.24) is 4.98 Å². The van der Waals surface area contributed by atoms with Gasteiger partial charge in [0.25, 0.3) is 0 Å². The van der Waals surface area contributed by atoms with E-state index in [0.717, 1.165) is 0 Å². The first-order valence-corrected chi connectivity index (χ1v) is 5.82. The van der Waals surface area contributed by atoms with Crippen LogP contribution in [-0.2, 0) is 0 Å². The molecule has 20 heavy (non-hydrogen) atoms. The van der Waals surface area contributed by atoms with E-state index >= 15 is 0 Å². The highest BCUT2D eigenvalue weighted by Gasteiger charge is 2.11. The summed E-state index contributed by atoms with van der Waals surface area (Å²) in [7, 11) is 0. The third kappa shape index (κ3) is 1.99. The van der Waals surface area contributed by atoms with Crippen LogP contribution in [0, 0.1) is 11.3 Å². The zero-order valence-electron chi connectivity index (χ0n) is 10.2. The first-order chi connectivity index (χ1) is 9.67. The predicted octanol–water partition coefficient (Wildman–Crippen LogP) is 3.06. The molecular weight excluding hydrogens is 256 g/mol. The maximum Gasteiger partial charge on any atom is 0.335 e. The second-order valence-electron chi connectivity index (χ2n) is 4.20. The molecule has 0 radical (unpaired) electrons. The standard InChI is InChI=1S/C15H8N2O3/c16-8-9-2-1-3-10(6-9)14-17-12-5-4-11(15(18)19)7-13(12)20-14/h1-7H,(H,18,19). The highest BCUT2D eigenvalue weighted by atomic mass is 16.4. The zero-order valence-corrected chi connectivity index (χ0v) is 10.2. The van der Waals surface area contributed by atoms with Gasteiger partial charge in [-0.1, -0.05) is 6.07 Å². The van der Waals surface area contributed by atoms with Gasteiger partial charge >= 0.3 is 5.97 Å². The number of aromatic carboxylic acids is 1. The van der Waals surface area contributed by atoms with E-state index in [2.05, 4.69) is 4.98 Å². The minimum absolute atomic E-state index is 0.144. The molecule has 1 heterocycles. The molecule has 5 heteroatoms. The first-order valence-electron chi connectivity index (χ1n) is 5.82. The molecule has 96 valence electrons. The molecule has 5 nitrogen and oxygen atoms in total. The van der Waals surface area contributed by atoms with Crippen LogP contribution in [0.4, 0.5) is 0 Å². The molecule has 0 unspecified atom stereocenters. The number of carboxylic acids is 1. The maximum absolute atomic E-state index is 10.9. The molecule has 1 aromatic heterocycles. The van der Waals surface area contributed by atoms with Crippen molar-refractivity contribution in [2.45, 2.75) is 0 Å². The van der Waals surface area contributed by atoms with Gasteiger partial charge in [-0.15, -0.1) is 0 Å². The Hall–Kier alpha value is -3.13. The van der Waals surface area contributed by atoms with E-state index < -0.39 is 5.97 Å². The van der Waals surface area contributed by atoms with Crippen LogP contribution < -0.4 is 0 Å². The molecule has 2 aromatic carbocycles. The van der Waals surface area contributed by atoms with E-state index in [-0.39, 0.29) is 5.56 Å². The average molecular weight is 264 g/mol. The molecule has 0 bridgehead atoms. The minimum atomic E-state index is -1.02. The number of oxazole rings is 1. The highest BCUT2D eigenvalue weighted by molar-refractivity contribution is 5.92. The van der Waals surface area contributed by atoms with E-state index in [0.29, 0.717) is 28.1 Å². The molecule has 0 spiro atoms. The van der Waals surface area contributed by atoms with Crippen LogP contribution in [0.15, 0.2) is 46.9 Å². The number of rotatable bonds is 2. The van der Waals surface area contributed by atoms with Crippen LogP contribution in [0.3, 0.4) is 0 Å². The largest absolute Gasteiger partial charge is 0.478 e. The summed E-state index contributed by atoms with van der Waals surface area (Å²) >= 11 is 0. The van der Waals surface area contributed by atoms with E-state index in [9.17, 15) is 4.79 Å². The zero-order chi connectivity index (χ0) is 14.1. The lowest BCUT2D eigenvalue weighted by molar-refractivity contribution is 0.0697. The van der Waals surface area contributed by atoms with Crippen LogP contribution in [0.1, 0.15) is 15.9 Å². The molecule has 0 saturated carbocycles. The van der Waals surface area contributed by atoms with Gasteiger partial charge in [0.05, 0.1) is 17.2 Å². The van der Waals surface area contributed by atoms with Crippen LogP contribution in [-0.4, -0.2) is 16.1 Å². The highest BCUT2D eigenvalue weighted by Crippen LogP contribution is 2.25. The molecule has 0 fully saturated rings. The molecule has 0 atom stereocenters. The van der Waals surface area contributed by atoms with Crippen molar-refractivity contribution in [3.63, 3.8) is 0 Å². The lowest BCUT2D eigenvalue weighted by atomic mass is 10.1. The Kier molecular flexibility index (Phi) is 2.70. The SMILES string of the molecule is N#Cc1cccc(-c2nc3ccc(C(=O)O)cc3o2)c1. The van der Waals surface area contributed by atoms with Gasteiger partial charge in [0.1, 0.15) is 5.52 Å². The van der Waals surface area contributed by atoms with Gasteiger partial charge in [0, 0.05) is 5.56 Å². The summed E-state index contributed by atoms with van der Waals surface area (Å²) in [4.78, 5) is 15.2. The number of nitrogens with zero attached hydrogens (tertiary/aromatic N) is 2. The number of hydrogen-bond donors (Lipinski definition) is 1. The lowest BCUT2D eigenvalue weighted by Crippen LogP contribution is -1.94. The quantitative estimate of drug-likeness (QED) is 0.768. The molecule has 3 aromatic rings. The van der Waals surface area contributed by atoms with Crippen LogP contribution in [0.5, 0.6) is 0 Å². The first kappa shape index (κ1) is 11.9. The fourth-order valence-electron chi connectivity index (χ4n) is 1.90. The number of carbonyl (C=O) groups is 1. The Morgan fingerprint density at radius 3 is 2.85 bits per heavy atom. The summed E-state index contributed by atoms with van der Waals surface area (Å²) < 4.78 is 5.56. The Labute approximate surface area is 113 Å². The molecule has 0 aliphatic carbocycles. The Morgan fingerprint density at radius 2 is 2.10 bits per heavy atom. The van der Waals surface area contributed by atoms with E-state index in [1.165, 1.54) is 12.1 Å². The van der Waals surface area contributed by atoms with Crippen molar-refractivity contribution in [2.75, 3.05) is 0 Å². The monoisotopic (exact) mass is 264 g/mol. The predicted molar refractivity (Wildman–Crippen MR) is 71.1 cm³/mol. The molecule has 0 amide bonds. The summed E-state index contributed by atoms with van der Waals surface area (Å²) in [5.74, 6) is -0.657. The summed E-state index contributed by atoms with van der Waals surface area (Å²) in [6.07, 6.45) is 0. The Bertz CT molecular complexity index is 859. The van der Waals surface area contributed by atoms with Crippen molar-refractivity contribution in [2.24, 2.45) is 0 Å². The topological polar surface area (TPSA) is 87.1 Å². The van der Waals surface area contributed by atoms with Crippen molar-refractivity contribution >= 4 is 17.1 Å². The fraction of sp³-hybridized carbons (Fsp3) is 0. The molecule has 1 N–H and O–H groups in total. The third-order valence-corrected chi connectivity index (χ3v) is 2.87. The summed E-state index contributed by atoms with van der Waals surface area (Å²) in [5, 5.41) is 17.8. The third-order valence-electron chi connectivity index (χ3n) is 2.87. The van der Waals surface area contributed by atoms with Crippen molar-refractivity contribution in [1.29, 1.82) is 5.26 Å². The Balaban J connectivity index is 2.13. The van der Waals surface area contributed by atoms with Gasteiger partial charge in [0.15, 0.2) is 5.58 Å². The smallest absolute Gasteiger partial charge is 0.335 e. The minimum Gasteiger partial charge on any atom is -0.478 e. The summed E-state index contributed by atoms with van der Waals surface area (Å²) in [6.45, 7) is 0. The van der Waals surface area contributed by atoms with Crippen LogP contribution >= 0.6 is 0 Å². The van der Waals surface area contributed by atoms with E-state index in [4.69, 9.17) is 14.8 Å². The summed E-state index contributed by atoms with van der Waals surface area (Å²) in [6, 6.07) is 13.4. The summed E-state index contributed by atoms with van der Waals surface area (Å²) in [5.41, 5.74) is 2.31. The van der Waals surface area contributed by atoms with Gasteiger partial charge < -0.3 is 9.52 Å². The number of nitriles is 1. The van der Waals surface area contributed by atoms with Crippen molar-refractivity contribution in [3.8, 4) is 17.5 Å². The van der Waals surface area contributed by atoms with Gasteiger partial charge in [-0.05, 0) is 36.4 Å². The average Bonchev–Trinajstić information content (AvgIpc) is 2.90. The van der Waals surface area contributed by atoms with Crippen molar-refractivity contribution in [3.05, 3.63) is 53.6 Å². The second kappa shape index (κ2) is 4.52. The van der Waals surface area contributed by atoms with Crippen LogP contribution in [0.2, 0.25) is 0 Å². The van der Waals surface area contributed by atoms with E-state index in [1.54, 1.807) is 30.3 Å². The number of carboxylic acid groups (broad SMARTS) is 1. The lowest BCUT2D eigenvalue weighted by Gasteiger charge is -1.94. The fourth-order valence-corrected chi connectivity index (χ4v) is 1.90. The van der Waals surface area contributed by atoms with Crippen molar-refractivity contribution < 1.29 is 14.3 Å².